The number of fused-ring (bicyclic) bond motifs is 1. The summed E-state index contributed by atoms with van der Waals surface area (Å²) < 4.78 is 1.06. The van der Waals surface area contributed by atoms with Crippen LogP contribution < -0.4 is 10.7 Å². The Kier molecular flexibility index (Phi) is 2.81. The van der Waals surface area contributed by atoms with E-state index in [2.05, 4.69) is 10.1 Å². The molecular weight excluding hydrogens is 248 g/mol. The van der Waals surface area contributed by atoms with Gasteiger partial charge in [0.15, 0.2) is 0 Å². The summed E-state index contributed by atoms with van der Waals surface area (Å²) in [5.74, 6) is -0.0301. The summed E-state index contributed by atoms with van der Waals surface area (Å²) in [5.41, 5.74) is 7.21. The van der Waals surface area contributed by atoms with Gasteiger partial charge in [-0.1, -0.05) is 23.5 Å². The number of amides is 1. The van der Waals surface area contributed by atoms with Gasteiger partial charge in [-0.05, 0) is 18.7 Å². The fourth-order valence-corrected chi connectivity index (χ4v) is 2.82. The zero-order chi connectivity index (χ0) is 12.5. The minimum atomic E-state index is -0.0301. The molecule has 0 fully saturated rings. The van der Waals surface area contributed by atoms with Crippen molar-refractivity contribution in [3.8, 4) is 0 Å². The predicted octanol–water partition coefficient (Wildman–Crippen LogP) is 1.74. The second-order valence-corrected chi connectivity index (χ2v) is 5.06. The molecule has 0 bridgehead atoms. The summed E-state index contributed by atoms with van der Waals surface area (Å²) in [5, 5.41) is 6.32. The molecule has 6 heteroatoms. The molecule has 0 spiro atoms. The third-order valence-electron chi connectivity index (χ3n) is 2.73. The maximum absolute atomic E-state index is 11.9. The molecule has 92 valence electrons. The second-order valence-electron chi connectivity index (χ2n) is 4.05. The summed E-state index contributed by atoms with van der Waals surface area (Å²) >= 11 is 1.47. The molecule has 5 nitrogen and oxygen atoms in total. The summed E-state index contributed by atoms with van der Waals surface area (Å²) in [7, 11) is 0. The van der Waals surface area contributed by atoms with Crippen molar-refractivity contribution >= 4 is 38.3 Å². The Hall–Kier alpha value is -1.79. The molecule has 0 saturated heterocycles. The van der Waals surface area contributed by atoms with Crippen molar-refractivity contribution in [2.24, 2.45) is 10.8 Å². The molecular formula is C12H12N4OS. The molecule has 2 aromatic rings. The summed E-state index contributed by atoms with van der Waals surface area (Å²) in [4.78, 5) is 16.3. The van der Waals surface area contributed by atoms with Crippen LogP contribution in [0.3, 0.4) is 0 Å². The van der Waals surface area contributed by atoms with E-state index in [0.717, 1.165) is 15.9 Å². The first-order valence-corrected chi connectivity index (χ1v) is 6.54. The number of thiazole rings is 1. The van der Waals surface area contributed by atoms with E-state index in [-0.39, 0.29) is 5.91 Å². The third-order valence-corrected chi connectivity index (χ3v) is 3.74. The van der Waals surface area contributed by atoms with Crippen molar-refractivity contribution in [3.05, 3.63) is 24.3 Å². The lowest BCUT2D eigenvalue weighted by molar-refractivity contribution is -0.116. The van der Waals surface area contributed by atoms with E-state index >= 15 is 0 Å². The van der Waals surface area contributed by atoms with Gasteiger partial charge >= 0.3 is 0 Å². The molecule has 1 aliphatic rings. The van der Waals surface area contributed by atoms with Crippen LogP contribution in [0.5, 0.6) is 0 Å². The fourth-order valence-electron chi connectivity index (χ4n) is 1.89. The number of para-hydroxylation sites is 1. The Labute approximate surface area is 108 Å². The number of aromatic nitrogens is 1. The highest BCUT2D eigenvalue weighted by Gasteiger charge is 2.26. The van der Waals surface area contributed by atoms with Gasteiger partial charge in [0.1, 0.15) is 0 Å². The fraction of sp³-hybridized carbons (Fsp3) is 0.250. The Morgan fingerprint density at radius 2 is 2.22 bits per heavy atom. The Balaban J connectivity index is 1.96. The third kappa shape index (κ3) is 1.89. The van der Waals surface area contributed by atoms with Crippen LogP contribution in [-0.2, 0) is 4.79 Å². The van der Waals surface area contributed by atoms with E-state index in [0.29, 0.717) is 24.5 Å². The van der Waals surface area contributed by atoms with Crippen molar-refractivity contribution in [1.29, 1.82) is 0 Å². The number of hydrogen-bond acceptors (Lipinski definition) is 5. The van der Waals surface area contributed by atoms with Crippen LogP contribution >= 0.6 is 11.3 Å². The molecule has 0 atom stereocenters. The van der Waals surface area contributed by atoms with Crippen LogP contribution in [-0.4, -0.2) is 23.1 Å². The van der Waals surface area contributed by atoms with E-state index < -0.39 is 0 Å². The van der Waals surface area contributed by atoms with Crippen molar-refractivity contribution in [2.45, 2.75) is 12.8 Å². The van der Waals surface area contributed by atoms with Crippen LogP contribution in [0.4, 0.5) is 5.13 Å². The van der Waals surface area contributed by atoms with Crippen LogP contribution in [0.2, 0.25) is 0 Å². The number of rotatable bonds is 3. The lowest BCUT2D eigenvalue weighted by Gasteiger charge is -2.05. The van der Waals surface area contributed by atoms with Gasteiger partial charge in [-0.2, -0.15) is 10.1 Å². The van der Waals surface area contributed by atoms with Crippen molar-refractivity contribution in [3.63, 3.8) is 0 Å². The molecule has 1 amide bonds. The van der Waals surface area contributed by atoms with Crippen molar-refractivity contribution in [2.75, 3.05) is 11.6 Å². The normalized spacial score (nSPS) is 15.5. The molecule has 0 unspecified atom stereocenters. The molecule has 3 rings (SSSR count). The van der Waals surface area contributed by atoms with Crippen LogP contribution in [0.15, 0.2) is 29.4 Å². The number of hydrogen-bond donors (Lipinski definition) is 1. The molecule has 0 aliphatic carbocycles. The first-order valence-electron chi connectivity index (χ1n) is 5.73. The zero-order valence-corrected chi connectivity index (χ0v) is 10.5. The van der Waals surface area contributed by atoms with Gasteiger partial charge in [0.2, 0.25) is 5.13 Å². The average Bonchev–Trinajstić information content (AvgIpc) is 2.92. The Morgan fingerprint density at radius 3 is 3.00 bits per heavy atom. The first-order chi connectivity index (χ1) is 8.78. The summed E-state index contributed by atoms with van der Waals surface area (Å²) in [6.45, 7) is 0.514. The number of carbonyl (C=O) groups is 1. The predicted molar refractivity (Wildman–Crippen MR) is 72.8 cm³/mol. The largest absolute Gasteiger partial charge is 0.330 e. The monoisotopic (exact) mass is 260 g/mol. The topological polar surface area (TPSA) is 71.6 Å². The first kappa shape index (κ1) is 11.3. The highest BCUT2D eigenvalue weighted by atomic mass is 32.1. The van der Waals surface area contributed by atoms with E-state index in [1.807, 2.05) is 24.3 Å². The van der Waals surface area contributed by atoms with Crippen molar-refractivity contribution in [1.82, 2.24) is 4.98 Å². The smallest absolute Gasteiger partial charge is 0.255 e. The highest BCUT2D eigenvalue weighted by Crippen LogP contribution is 2.30. The number of nitrogens with zero attached hydrogens (tertiary/aromatic N) is 3. The number of nitrogens with two attached hydrogens (primary N) is 1. The van der Waals surface area contributed by atoms with Gasteiger partial charge in [0.05, 0.1) is 16.6 Å². The molecule has 1 aromatic heterocycles. The molecule has 0 radical (unpaired) electrons. The van der Waals surface area contributed by atoms with E-state index in [1.54, 1.807) is 0 Å². The van der Waals surface area contributed by atoms with Gasteiger partial charge < -0.3 is 5.73 Å². The molecule has 18 heavy (non-hydrogen) atoms. The lowest BCUT2D eigenvalue weighted by atomic mass is 10.2. The van der Waals surface area contributed by atoms with Gasteiger partial charge in [0, 0.05) is 12.1 Å². The molecule has 2 N–H and O–H groups in total. The van der Waals surface area contributed by atoms with E-state index in [1.165, 1.54) is 16.3 Å². The zero-order valence-electron chi connectivity index (χ0n) is 9.67. The van der Waals surface area contributed by atoms with Gasteiger partial charge in [-0.3, -0.25) is 4.79 Å². The average molecular weight is 260 g/mol. The highest BCUT2D eigenvalue weighted by molar-refractivity contribution is 7.22. The molecule has 0 saturated carbocycles. The van der Waals surface area contributed by atoms with Gasteiger partial charge in [-0.25, -0.2) is 4.98 Å². The van der Waals surface area contributed by atoms with Crippen LogP contribution in [0, 0.1) is 0 Å². The standard InChI is InChI=1S/C12H12N4OS/c13-6-5-8-7-11(17)16(15-8)12-14-9-3-1-2-4-10(9)18-12/h1-4H,5-7,13H2. The van der Waals surface area contributed by atoms with Gasteiger partial charge in [-0.15, -0.1) is 0 Å². The Morgan fingerprint density at radius 1 is 1.39 bits per heavy atom. The molecule has 1 aliphatic heterocycles. The number of anilines is 1. The summed E-state index contributed by atoms with van der Waals surface area (Å²) in [6, 6.07) is 7.81. The summed E-state index contributed by atoms with van der Waals surface area (Å²) in [6.07, 6.45) is 1.01. The van der Waals surface area contributed by atoms with E-state index in [4.69, 9.17) is 5.73 Å². The minimum absolute atomic E-state index is 0.0301. The molecule has 2 heterocycles. The quantitative estimate of drug-likeness (QED) is 0.913. The van der Waals surface area contributed by atoms with Crippen molar-refractivity contribution < 1.29 is 4.79 Å². The minimum Gasteiger partial charge on any atom is -0.330 e. The number of carbonyl (C=O) groups excluding carboxylic acids is 1. The number of benzene rings is 1. The Bertz CT molecular complexity index is 601. The van der Waals surface area contributed by atoms with Crippen LogP contribution in [0.25, 0.3) is 10.2 Å². The molecule has 1 aromatic carbocycles. The van der Waals surface area contributed by atoms with E-state index in [9.17, 15) is 4.79 Å². The maximum atomic E-state index is 11.9. The van der Waals surface area contributed by atoms with Gasteiger partial charge in [0.25, 0.3) is 5.91 Å². The SMILES string of the molecule is NCCC1=NN(c2nc3ccccc3s2)C(=O)C1. The second kappa shape index (κ2) is 4.47. The maximum Gasteiger partial charge on any atom is 0.255 e. The number of hydrazone groups is 1. The lowest BCUT2D eigenvalue weighted by Crippen LogP contribution is -2.19. The van der Waals surface area contributed by atoms with Crippen LogP contribution in [0.1, 0.15) is 12.8 Å².